The summed E-state index contributed by atoms with van der Waals surface area (Å²) in [6, 6.07) is 16.6. The highest BCUT2D eigenvalue weighted by Gasteiger charge is 2.07. The number of nitrogens with zero attached hydrogens (tertiary/aromatic N) is 1. The zero-order valence-corrected chi connectivity index (χ0v) is 12.7. The molecule has 0 unspecified atom stereocenters. The Morgan fingerprint density at radius 2 is 1.79 bits per heavy atom. The van der Waals surface area contributed by atoms with Crippen molar-refractivity contribution in [3.63, 3.8) is 0 Å². The Bertz CT molecular complexity index is 526. The average Bonchev–Trinajstić information content (AvgIpc) is 2.42. The number of anilines is 1. The van der Waals surface area contributed by atoms with E-state index >= 15 is 0 Å². The molecule has 0 radical (unpaired) electrons. The lowest BCUT2D eigenvalue weighted by Crippen LogP contribution is -2.22. The lowest BCUT2D eigenvalue weighted by Gasteiger charge is -2.21. The molecule has 2 N–H and O–H groups in total. The fourth-order valence-electron chi connectivity index (χ4n) is 2.05. The van der Waals surface area contributed by atoms with Crippen LogP contribution in [-0.4, -0.2) is 11.4 Å². The largest absolute Gasteiger partial charge is 0.399 e. The molecule has 3 heteroatoms. The molecule has 2 aromatic rings. The maximum atomic E-state index is 5.77. The number of nitrogens with two attached hydrogens (primary N) is 1. The quantitative estimate of drug-likeness (QED) is 0.842. The van der Waals surface area contributed by atoms with Crippen molar-refractivity contribution in [1.82, 2.24) is 4.90 Å². The van der Waals surface area contributed by atoms with Crippen LogP contribution in [0.1, 0.15) is 18.1 Å². The number of nitrogen functional groups attached to an aromatic ring is 1. The van der Waals surface area contributed by atoms with Crippen LogP contribution in [-0.2, 0) is 13.1 Å². The molecule has 0 aliphatic rings. The van der Waals surface area contributed by atoms with Crippen molar-refractivity contribution in [3.8, 4) is 0 Å². The molecule has 19 heavy (non-hydrogen) atoms. The lowest BCUT2D eigenvalue weighted by molar-refractivity contribution is 0.271. The fraction of sp³-hybridized carbons (Fsp3) is 0.250. The summed E-state index contributed by atoms with van der Waals surface area (Å²) >= 11 is 3.58. The van der Waals surface area contributed by atoms with Crippen molar-refractivity contribution in [2.75, 3.05) is 12.3 Å². The van der Waals surface area contributed by atoms with Crippen LogP contribution in [0, 0.1) is 0 Å². The summed E-state index contributed by atoms with van der Waals surface area (Å²) in [4.78, 5) is 2.41. The summed E-state index contributed by atoms with van der Waals surface area (Å²) in [5.74, 6) is 0. The summed E-state index contributed by atoms with van der Waals surface area (Å²) in [5.41, 5.74) is 9.18. The van der Waals surface area contributed by atoms with E-state index in [9.17, 15) is 0 Å². The van der Waals surface area contributed by atoms with E-state index in [0.29, 0.717) is 0 Å². The molecule has 2 nitrogen and oxygen atoms in total. The van der Waals surface area contributed by atoms with Gasteiger partial charge in [0.2, 0.25) is 0 Å². The zero-order chi connectivity index (χ0) is 13.7. The number of hydrogen-bond acceptors (Lipinski definition) is 2. The SMILES string of the molecule is CCN(Cc1ccccc1)Cc1ccc(N)cc1Br. The standard InChI is InChI=1S/C16H19BrN2/c1-2-19(11-13-6-4-3-5-7-13)12-14-8-9-15(18)10-16(14)17/h3-10H,2,11-12,18H2,1H3. The van der Waals surface area contributed by atoms with Gasteiger partial charge in [-0.2, -0.15) is 0 Å². The Morgan fingerprint density at radius 3 is 2.42 bits per heavy atom. The van der Waals surface area contributed by atoms with Gasteiger partial charge in [0, 0.05) is 23.2 Å². The molecule has 2 aromatic carbocycles. The van der Waals surface area contributed by atoms with E-state index in [4.69, 9.17) is 5.73 Å². The third-order valence-corrected chi connectivity index (χ3v) is 3.91. The van der Waals surface area contributed by atoms with Crippen LogP contribution in [0.4, 0.5) is 5.69 Å². The molecule has 100 valence electrons. The van der Waals surface area contributed by atoms with Gasteiger partial charge in [-0.1, -0.05) is 59.3 Å². The van der Waals surface area contributed by atoms with Crippen molar-refractivity contribution in [1.29, 1.82) is 0 Å². The highest BCUT2D eigenvalue weighted by atomic mass is 79.9. The van der Waals surface area contributed by atoms with E-state index in [-0.39, 0.29) is 0 Å². The molecular weight excluding hydrogens is 300 g/mol. The van der Waals surface area contributed by atoms with E-state index in [0.717, 1.165) is 29.8 Å². The van der Waals surface area contributed by atoms with Crippen molar-refractivity contribution >= 4 is 21.6 Å². The van der Waals surface area contributed by atoms with Gasteiger partial charge in [0.05, 0.1) is 0 Å². The van der Waals surface area contributed by atoms with E-state index in [1.165, 1.54) is 11.1 Å². The minimum atomic E-state index is 0.793. The van der Waals surface area contributed by atoms with Gasteiger partial charge in [0.25, 0.3) is 0 Å². The second-order valence-corrected chi connectivity index (χ2v) is 5.49. The number of halogens is 1. The second-order valence-electron chi connectivity index (χ2n) is 4.64. The summed E-state index contributed by atoms with van der Waals surface area (Å²) < 4.78 is 1.08. The van der Waals surface area contributed by atoms with Gasteiger partial charge < -0.3 is 5.73 Å². The van der Waals surface area contributed by atoms with Crippen molar-refractivity contribution in [2.45, 2.75) is 20.0 Å². The zero-order valence-electron chi connectivity index (χ0n) is 11.1. The van der Waals surface area contributed by atoms with E-state index < -0.39 is 0 Å². The van der Waals surface area contributed by atoms with Crippen LogP contribution in [0.15, 0.2) is 53.0 Å². The van der Waals surface area contributed by atoms with Crippen LogP contribution in [0.5, 0.6) is 0 Å². The van der Waals surface area contributed by atoms with Gasteiger partial charge in [0.1, 0.15) is 0 Å². The van der Waals surface area contributed by atoms with Crippen LogP contribution in [0.25, 0.3) is 0 Å². The second kappa shape index (κ2) is 6.73. The lowest BCUT2D eigenvalue weighted by atomic mass is 10.1. The summed E-state index contributed by atoms with van der Waals surface area (Å²) in [7, 11) is 0. The highest BCUT2D eigenvalue weighted by Crippen LogP contribution is 2.22. The van der Waals surface area contributed by atoms with Gasteiger partial charge in [0.15, 0.2) is 0 Å². The molecule has 0 aliphatic heterocycles. The van der Waals surface area contributed by atoms with Crippen molar-refractivity contribution < 1.29 is 0 Å². The Labute approximate surface area is 123 Å². The van der Waals surface area contributed by atoms with Crippen LogP contribution in [0.2, 0.25) is 0 Å². The summed E-state index contributed by atoms with van der Waals surface area (Å²) in [6.07, 6.45) is 0. The Kier molecular flexibility index (Phi) is 5.00. The number of benzene rings is 2. The molecule has 0 fully saturated rings. The molecular formula is C16H19BrN2. The third kappa shape index (κ3) is 4.08. The molecule has 0 amide bonds. The first-order valence-corrected chi connectivity index (χ1v) is 7.28. The van der Waals surface area contributed by atoms with Gasteiger partial charge in [-0.05, 0) is 29.8 Å². The van der Waals surface area contributed by atoms with E-state index in [1.807, 2.05) is 12.1 Å². The third-order valence-electron chi connectivity index (χ3n) is 3.17. The predicted octanol–water partition coefficient (Wildman–Crippen LogP) is 4.05. The molecule has 0 heterocycles. The Hall–Kier alpha value is -1.32. The van der Waals surface area contributed by atoms with Crippen LogP contribution in [0.3, 0.4) is 0 Å². The molecule has 0 saturated heterocycles. The topological polar surface area (TPSA) is 29.3 Å². The summed E-state index contributed by atoms with van der Waals surface area (Å²) in [5, 5.41) is 0. The van der Waals surface area contributed by atoms with Gasteiger partial charge in [-0.15, -0.1) is 0 Å². The number of rotatable bonds is 5. The predicted molar refractivity (Wildman–Crippen MR) is 84.8 cm³/mol. The van der Waals surface area contributed by atoms with Gasteiger partial charge >= 0.3 is 0 Å². The first-order valence-electron chi connectivity index (χ1n) is 6.49. The first-order chi connectivity index (χ1) is 9.19. The minimum Gasteiger partial charge on any atom is -0.399 e. The Morgan fingerprint density at radius 1 is 1.05 bits per heavy atom. The van der Waals surface area contributed by atoms with Crippen LogP contribution < -0.4 is 5.73 Å². The van der Waals surface area contributed by atoms with Gasteiger partial charge in [-0.3, -0.25) is 4.90 Å². The van der Waals surface area contributed by atoms with Crippen molar-refractivity contribution in [3.05, 3.63) is 64.1 Å². The maximum absolute atomic E-state index is 5.77. The molecule has 0 saturated carbocycles. The first kappa shape index (κ1) is 14.1. The molecule has 0 aromatic heterocycles. The monoisotopic (exact) mass is 318 g/mol. The molecule has 0 bridgehead atoms. The Balaban J connectivity index is 2.06. The molecule has 0 atom stereocenters. The smallest absolute Gasteiger partial charge is 0.0325 e. The molecule has 2 rings (SSSR count). The fourth-order valence-corrected chi connectivity index (χ4v) is 2.58. The summed E-state index contributed by atoms with van der Waals surface area (Å²) in [6.45, 7) is 5.10. The van der Waals surface area contributed by atoms with Gasteiger partial charge in [-0.25, -0.2) is 0 Å². The molecule has 0 aliphatic carbocycles. The molecule has 0 spiro atoms. The average molecular weight is 319 g/mol. The normalized spacial score (nSPS) is 10.9. The highest BCUT2D eigenvalue weighted by molar-refractivity contribution is 9.10. The van der Waals surface area contributed by atoms with E-state index in [2.05, 4.69) is 64.2 Å². The van der Waals surface area contributed by atoms with E-state index in [1.54, 1.807) is 0 Å². The minimum absolute atomic E-state index is 0.793. The van der Waals surface area contributed by atoms with Crippen LogP contribution >= 0.6 is 15.9 Å². The van der Waals surface area contributed by atoms with Crippen molar-refractivity contribution in [2.24, 2.45) is 0 Å². The number of hydrogen-bond donors (Lipinski definition) is 1. The maximum Gasteiger partial charge on any atom is 0.0325 e.